The van der Waals surface area contributed by atoms with E-state index in [-0.39, 0.29) is 44.2 Å². The van der Waals surface area contributed by atoms with Crippen molar-refractivity contribution in [3.63, 3.8) is 0 Å². The fourth-order valence-electron chi connectivity index (χ4n) is 6.47. The van der Waals surface area contributed by atoms with Crippen LogP contribution in [0.25, 0.3) is 0 Å². The number of likely N-dealkylation sites (tertiary alicyclic amines) is 2. The Bertz CT molecular complexity index is 1590. The lowest BCUT2D eigenvalue weighted by Crippen LogP contribution is -2.60. The highest BCUT2D eigenvalue weighted by Gasteiger charge is 2.42. The second-order valence-electron chi connectivity index (χ2n) is 14.9. The number of nitrogens with two attached hydrogens (primary N) is 3. The first-order valence-corrected chi connectivity index (χ1v) is 19.3. The minimum atomic E-state index is -1.78. The van der Waals surface area contributed by atoms with Crippen LogP contribution in [0.2, 0.25) is 0 Å². The Hall–Kier alpha value is -5.62. The van der Waals surface area contributed by atoms with Crippen LogP contribution in [-0.4, -0.2) is 170 Å². The normalized spacial score (nSPS) is 19.9. The fourth-order valence-corrected chi connectivity index (χ4v) is 6.47. The van der Waals surface area contributed by atoms with Crippen molar-refractivity contribution in [1.29, 1.82) is 0 Å². The van der Waals surface area contributed by atoms with Crippen LogP contribution in [0.1, 0.15) is 72.6 Å². The Balaban J connectivity index is 2.23. The van der Waals surface area contributed by atoms with Crippen LogP contribution < -0.4 is 43.8 Å². The lowest BCUT2D eigenvalue weighted by molar-refractivity contribution is -0.145. The highest BCUT2D eigenvalue weighted by molar-refractivity contribution is 5.98. The Kier molecular flexibility index (Phi) is 19.4. The van der Waals surface area contributed by atoms with Gasteiger partial charge in [0.05, 0.1) is 25.2 Å². The molecule has 0 bridgehead atoms. The highest BCUT2D eigenvalue weighted by atomic mass is 16.4. The molecule has 2 aliphatic heterocycles. The van der Waals surface area contributed by atoms with E-state index in [9.17, 15) is 58.5 Å². The predicted molar refractivity (Wildman–Crippen MR) is 206 cm³/mol. The van der Waals surface area contributed by atoms with Crippen LogP contribution in [0.5, 0.6) is 0 Å². The summed E-state index contributed by atoms with van der Waals surface area (Å²) in [4.78, 5) is 123. The Morgan fingerprint density at radius 2 is 1.27 bits per heavy atom. The van der Waals surface area contributed by atoms with Crippen LogP contribution >= 0.6 is 0 Å². The van der Waals surface area contributed by atoms with Crippen molar-refractivity contribution in [3.05, 3.63) is 0 Å². The van der Waals surface area contributed by atoms with E-state index in [1.165, 1.54) is 9.80 Å². The zero-order valence-corrected chi connectivity index (χ0v) is 33.6. The average Bonchev–Trinajstić information content (AvgIpc) is 3.86. The lowest BCUT2D eigenvalue weighted by Gasteiger charge is -2.32. The molecule has 0 saturated carbocycles. The van der Waals surface area contributed by atoms with E-state index in [1.54, 1.807) is 13.8 Å². The van der Waals surface area contributed by atoms with E-state index >= 15 is 0 Å². The van der Waals surface area contributed by atoms with Gasteiger partial charge in [0.15, 0.2) is 5.96 Å². The first kappa shape index (κ1) is 49.5. The number of carbonyl (C=O) groups is 9. The summed E-state index contributed by atoms with van der Waals surface area (Å²) in [6.45, 7) is 5.28. The first-order valence-electron chi connectivity index (χ1n) is 19.3. The Labute approximate surface area is 340 Å². The van der Waals surface area contributed by atoms with Crippen LogP contribution in [0.3, 0.4) is 0 Å². The molecule has 0 spiro atoms. The zero-order chi connectivity index (χ0) is 44.7. The highest BCUT2D eigenvalue weighted by Crippen LogP contribution is 2.23. The van der Waals surface area contributed by atoms with Gasteiger partial charge in [0.1, 0.15) is 42.3 Å². The van der Waals surface area contributed by atoms with Gasteiger partial charge in [-0.2, -0.15) is 0 Å². The summed E-state index contributed by atoms with van der Waals surface area (Å²) in [5.74, 6) is -9.42. The molecule has 2 aliphatic rings. The Morgan fingerprint density at radius 3 is 1.75 bits per heavy atom. The summed E-state index contributed by atoms with van der Waals surface area (Å²) in [5, 5.41) is 49.3. The molecule has 0 radical (unpaired) electrons. The molecule has 332 valence electrons. The second-order valence-corrected chi connectivity index (χ2v) is 14.9. The fraction of sp³-hybridized carbons (Fsp3) is 0.714. The number of aliphatic hydroxyl groups is 2. The minimum absolute atomic E-state index is 0.0293. The van der Waals surface area contributed by atoms with Gasteiger partial charge in [-0.1, -0.05) is 13.8 Å². The molecule has 0 aromatic heterocycles. The van der Waals surface area contributed by atoms with Gasteiger partial charge in [0.25, 0.3) is 0 Å². The van der Waals surface area contributed by atoms with Crippen molar-refractivity contribution in [1.82, 2.24) is 36.4 Å². The second kappa shape index (κ2) is 23.1. The van der Waals surface area contributed by atoms with Gasteiger partial charge in [-0.15, -0.1) is 0 Å². The predicted octanol–water partition coefficient (Wildman–Crippen LogP) is -5.62. The van der Waals surface area contributed by atoms with Gasteiger partial charge in [-0.25, -0.2) is 4.79 Å². The van der Waals surface area contributed by atoms with Gasteiger partial charge in [-0.3, -0.25) is 43.3 Å². The number of aliphatic carboxylic acids is 2. The quantitative estimate of drug-likeness (QED) is 0.0275. The molecule has 2 heterocycles. The third-order valence-corrected chi connectivity index (χ3v) is 9.86. The summed E-state index contributed by atoms with van der Waals surface area (Å²) in [5.41, 5.74) is 17.0. The molecule has 2 rings (SSSR count). The topological polar surface area (TPSA) is 392 Å². The van der Waals surface area contributed by atoms with Crippen LogP contribution in [0.4, 0.5) is 0 Å². The smallest absolute Gasteiger partial charge is 0.328 e. The van der Waals surface area contributed by atoms with Crippen molar-refractivity contribution in [2.75, 3.05) is 26.2 Å². The SMILES string of the molecule is CC(C)[C@H](N)C(=O)N1CCC[C@H]1C(=O)N[C@@H](CCCN=C(N)N)C(=O)N1CCC[C@H]1C(=O)N[C@@H](CC(=O)O)C(=O)N[C@@H](C)C(=O)N[C@H](C(=O)N[C@@H](CO)C(=O)O)[C@@H](C)O. The van der Waals surface area contributed by atoms with E-state index in [0.717, 1.165) is 13.8 Å². The van der Waals surface area contributed by atoms with E-state index in [0.29, 0.717) is 25.8 Å². The molecular weight excluding hydrogens is 782 g/mol. The maximum atomic E-state index is 14.1. The maximum absolute atomic E-state index is 14.1. The third kappa shape index (κ3) is 14.6. The molecule has 15 N–H and O–H groups in total. The van der Waals surface area contributed by atoms with E-state index < -0.39 is 121 Å². The number of aliphatic hydroxyl groups excluding tert-OH is 2. The number of nitrogens with zero attached hydrogens (tertiary/aromatic N) is 3. The van der Waals surface area contributed by atoms with Crippen LogP contribution in [-0.2, 0) is 43.2 Å². The number of rotatable bonds is 22. The standard InChI is InChI=1S/C35H59N11O13/c1-16(2)25(36)33(57)46-13-7-10-23(46)29(53)41-19(8-5-11-39-35(37)38)32(56)45-12-6-9-22(45)30(54)42-20(14-24(49)50)28(52)40-17(3)27(51)44-26(18(4)48)31(55)43-21(15-47)34(58)59/h16-23,25-26,47-48H,5-15,36H2,1-4H3,(H,40,52)(H,41,53)(H,42,54)(H,43,55)(H,44,51)(H,49,50)(H,58,59)(H4,37,38,39)/t17-,18+,19-,20-,21-,22-,23-,25-,26-/m0/s1. The number of guanidine groups is 1. The van der Waals surface area contributed by atoms with Crippen molar-refractivity contribution in [3.8, 4) is 0 Å². The van der Waals surface area contributed by atoms with Gasteiger partial charge >= 0.3 is 11.9 Å². The number of nitrogens with one attached hydrogen (secondary N) is 5. The number of aliphatic imine (C=N–C) groups is 1. The summed E-state index contributed by atoms with van der Waals surface area (Å²) in [7, 11) is 0. The zero-order valence-electron chi connectivity index (χ0n) is 33.6. The summed E-state index contributed by atoms with van der Waals surface area (Å²) >= 11 is 0. The van der Waals surface area contributed by atoms with Crippen molar-refractivity contribution in [2.24, 2.45) is 28.1 Å². The molecule has 9 atom stereocenters. The summed E-state index contributed by atoms with van der Waals surface area (Å²) < 4.78 is 0. The molecule has 24 heteroatoms. The Morgan fingerprint density at radius 1 is 0.729 bits per heavy atom. The number of hydrogen-bond acceptors (Lipinski definition) is 13. The molecule has 2 saturated heterocycles. The van der Waals surface area contributed by atoms with Crippen LogP contribution in [0, 0.1) is 5.92 Å². The average molecular weight is 842 g/mol. The molecule has 2 fully saturated rings. The van der Waals surface area contributed by atoms with E-state index in [2.05, 4.69) is 26.3 Å². The van der Waals surface area contributed by atoms with Crippen molar-refractivity contribution in [2.45, 2.75) is 127 Å². The van der Waals surface area contributed by atoms with Crippen molar-refractivity contribution < 1.29 is 63.6 Å². The molecule has 0 aromatic rings. The molecule has 0 aliphatic carbocycles. The number of amides is 7. The first-order chi connectivity index (χ1) is 27.6. The van der Waals surface area contributed by atoms with Crippen molar-refractivity contribution >= 4 is 59.2 Å². The number of hydrogen-bond donors (Lipinski definition) is 12. The summed E-state index contributed by atoms with van der Waals surface area (Å²) in [6, 6.07) is -10.9. The molecular formula is C35H59N11O13. The molecule has 24 nitrogen and oxygen atoms in total. The van der Waals surface area contributed by atoms with Gasteiger partial charge < -0.3 is 74.0 Å². The molecule has 59 heavy (non-hydrogen) atoms. The summed E-state index contributed by atoms with van der Waals surface area (Å²) in [6.07, 6.45) is -0.989. The monoisotopic (exact) mass is 841 g/mol. The lowest BCUT2D eigenvalue weighted by atomic mass is 10.0. The molecule has 0 aromatic carbocycles. The van der Waals surface area contributed by atoms with E-state index in [1.807, 2.05) is 5.32 Å². The van der Waals surface area contributed by atoms with Gasteiger partial charge in [0.2, 0.25) is 41.4 Å². The number of carbonyl (C=O) groups excluding carboxylic acids is 7. The largest absolute Gasteiger partial charge is 0.481 e. The van der Waals surface area contributed by atoms with Gasteiger partial charge in [0, 0.05) is 19.6 Å². The number of carboxylic acid groups (broad SMARTS) is 2. The number of carboxylic acids is 2. The molecule has 7 amide bonds. The minimum Gasteiger partial charge on any atom is -0.481 e. The van der Waals surface area contributed by atoms with E-state index in [4.69, 9.17) is 22.3 Å². The maximum Gasteiger partial charge on any atom is 0.328 e. The van der Waals surface area contributed by atoms with Gasteiger partial charge in [-0.05, 0) is 58.3 Å². The third-order valence-electron chi connectivity index (χ3n) is 9.86. The molecule has 0 unspecified atom stereocenters. The van der Waals surface area contributed by atoms with Crippen LogP contribution in [0.15, 0.2) is 4.99 Å².